The average Bonchev–Trinajstić information content (AvgIpc) is 2.34. The average molecular weight is 289 g/mol. The van der Waals surface area contributed by atoms with Gasteiger partial charge in [0.15, 0.2) is 0 Å². The Kier molecular flexibility index (Phi) is 7.01. The van der Waals surface area contributed by atoms with Gasteiger partial charge in [-0.2, -0.15) is 0 Å². The molecule has 3 nitrogen and oxygen atoms in total. The second kappa shape index (κ2) is 7.46. The molecule has 1 aromatic carbocycles. The summed E-state index contributed by atoms with van der Waals surface area (Å²) in [6, 6.07) is 4.29. The van der Waals surface area contributed by atoms with Gasteiger partial charge in [0, 0.05) is 17.6 Å². The molecule has 0 fully saturated rings. The van der Waals surface area contributed by atoms with E-state index >= 15 is 0 Å². The fraction of sp³-hybridized carbons (Fsp3) is 0.500. The molecule has 0 bridgehead atoms. The van der Waals surface area contributed by atoms with E-state index in [9.17, 15) is 9.18 Å². The van der Waals surface area contributed by atoms with Gasteiger partial charge in [-0.3, -0.25) is 4.79 Å². The summed E-state index contributed by atoms with van der Waals surface area (Å²) in [5, 5.41) is 2.77. The molecule has 0 saturated heterocycles. The van der Waals surface area contributed by atoms with E-state index in [2.05, 4.69) is 5.32 Å². The Bertz CT molecular complexity index is 413. The first-order valence-electron chi connectivity index (χ1n) is 6.24. The third kappa shape index (κ3) is 5.17. The molecule has 1 rings (SSSR count). The van der Waals surface area contributed by atoms with Crippen LogP contribution < -0.4 is 11.1 Å². The zero-order chi connectivity index (χ0) is 13.8. The highest BCUT2D eigenvalue weighted by molar-refractivity contribution is 5.94. The molecule has 0 atom stereocenters. The number of hydrogen-bond acceptors (Lipinski definition) is 2. The predicted octanol–water partition coefficient (Wildman–Crippen LogP) is 2.80. The summed E-state index contributed by atoms with van der Waals surface area (Å²) >= 11 is 0. The molecule has 5 heteroatoms. The number of hydrogen-bond donors (Lipinski definition) is 2. The molecule has 0 heterocycles. The minimum Gasteiger partial charge on any atom is -0.350 e. The number of benzene rings is 1. The van der Waals surface area contributed by atoms with Crippen molar-refractivity contribution in [1.82, 2.24) is 5.32 Å². The summed E-state index contributed by atoms with van der Waals surface area (Å²) in [7, 11) is 0. The molecule has 0 spiro atoms. The first-order chi connectivity index (χ1) is 8.40. The minimum atomic E-state index is -0.398. The van der Waals surface area contributed by atoms with Crippen LogP contribution in [0.1, 0.15) is 42.6 Å². The number of carbonyl (C=O) groups excluding carboxylic acids is 1. The molecule has 0 aliphatic heterocycles. The van der Waals surface area contributed by atoms with Crippen molar-refractivity contribution in [3.63, 3.8) is 0 Å². The highest BCUT2D eigenvalue weighted by Crippen LogP contribution is 2.11. The maximum Gasteiger partial charge on any atom is 0.251 e. The van der Waals surface area contributed by atoms with Gasteiger partial charge in [0.1, 0.15) is 5.82 Å². The molecular formula is C14H22ClFN2O. The molecule has 0 aliphatic carbocycles. The first kappa shape index (κ1) is 17.9. The lowest BCUT2D eigenvalue weighted by molar-refractivity contribution is 0.0941. The van der Waals surface area contributed by atoms with E-state index in [-0.39, 0.29) is 18.3 Å². The molecule has 3 N–H and O–H groups in total. The lowest BCUT2D eigenvalue weighted by Crippen LogP contribution is -2.49. The molecule has 0 saturated carbocycles. The second-order valence-corrected chi connectivity index (χ2v) is 4.77. The minimum absolute atomic E-state index is 0. The van der Waals surface area contributed by atoms with Gasteiger partial charge in [-0.1, -0.05) is 13.8 Å². The fourth-order valence-electron chi connectivity index (χ4n) is 1.73. The van der Waals surface area contributed by atoms with E-state index < -0.39 is 11.4 Å². The summed E-state index contributed by atoms with van der Waals surface area (Å²) < 4.78 is 13.2. The van der Waals surface area contributed by atoms with Crippen LogP contribution in [0.15, 0.2) is 18.2 Å². The van der Waals surface area contributed by atoms with Crippen molar-refractivity contribution in [2.24, 2.45) is 5.73 Å². The molecule has 0 aliphatic rings. The van der Waals surface area contributed by atoms with Crippen molar-refractivity contribution < 1.29 is 9.18 Å². The third-order valence-corrected chi connectivity index (χ3v) is 3.31. The van der Waals surface area contributed by atoms with E-state index in [0.717, 1.165) is 18.4 Å². The van der Waals surface area contributed by atoms with Crippen molar-refractivity contribution in [3.8, 4) is 0 Å². The van der Waals surface area contributed by atoms with Crippen LogP contribution in [-0.4, -0.2) is 18.0 Å². The Morgan fingerprint density at radius 2 is 1.89 bits per heavy atom. The monoisotopic (exact) mass is 288 g/mol. The maximum absolute atomic E-state index is 13.2. The lowest BCUT2D eigenvalue weighted by atomic mass is 9.94. The van der Waals surface area contributed by atoms with Gasteiger partial charge in [0.25, 0.3) is 5.91 Å². The van der Waals surface area contributed by atoms with Crippen molar-refractivity contribution >= 4 is 18.3 Å². The Morgan fingerprint density at radius 1 is 1.32 bits per heavy atom. The molecule has 1 aromatic rings. The van der Waals surface area contributed by atoms with Gasteiger partial charge >= 0.3 is 0 Å². The summed E-state index contributed by atoms with van der Waals surface area (Å²) in [5.41, 5.74) is 6.77. The van der Waals surface area contributed by atoms with Crippen molar-refractivity contribution in [1.29, 1.82) is 0 Å². The number of halogens is 2. The van der Waals surface area contributed by atoms with Crippen LogP contribution in [0.25, 0.3) is 0 Å². The van der Waals surface area contributed by atoms with Gasteiger partial charge in [0.05, 0.1) is 0 Å². The maximum atomic E-state index is 13.2. The number of aryl methyl sites for hydroxylation is 1. The molecule has 0 unspecified atom stereocenters. The Labute approximate surface area is 120 Å². The number of rotatable bonds is 5. The number of nitrogens with two attached hydrogens (primary N) is 1. The van der Waals surface area contributed by atoms with Gasteiger partial charge in [-0.25, -0.2) is 4.39 Å². The number of carbonyl (C=O) groups is 1. The smallest absolute Gasteiger partial charge is 0.251 e. The van der Waals surface area contributed by atoms with Crippen LogP contribution in [0.2, 0.25) is 0 Å². The van der Waals surface area contributed by atoms with Crippen LogP contribution in [0, 0.1) is 12.7 Å². The third-order valence-electron chi connectivity index (χ3n) is 3.31. The largest absolute Gasteiger partial charge is 0.350 e. The zero-order valence-electron chi connectivity index (χ0n) is 11.6. The SMILES string of the molecule is CCC(N)(CC)CNC(=O)c1cc(C)cc(F)c1.Cl. The Hall–Kier alpha value is -1.13. The van der Waals surface area contributed by atoms with Crippen LogP contribution in [-0.2, 0) is 0 Å². The molecule has 0 aromatic heterocycles. The topological polar surface area (TPSA) is 55.1 Å². The normalized spacial score (nSPS) is 10.8. The second-order valence-electron chi connectivity index (χ2n) is 4.77. The number of amides is 1. The van der Waals surface area contributed by atoms with Crippen molar-refractivity contribution in [2.45, 2.75) is 39.2 Å². The van der Waals surface area contributed by atoms with Gasteiger partial charge in [-0.15, -0.1) is 12.4 Å². The van der Waals surface area contributed by atoms with E-state index in [0.29, 0.717) is 12.1 Å². The van der Waals surface area contributed by atoms with E-state index in [4.69, 9.17) is 5.73 Å². The molecule has 108 valence electrons. The molecule has 1 amide bonds. The summed E-state index contributed by atoms with van der Waals surface area (Å²) in [4.78, 5) is 11.9. The summed E-state index contributed by atoms with van der Waals surface area (Å²) in [6.07, 6.45) is 1.57. The molecule has 0 radical (unpaired) electrons. The van der Waals surface area contributed by atoms with Crippen LogP contribution in [0.5, 0.6) is 0 Å². The standard InChI is InChI=1S/C14H21FN2O.ClH/c1-4-14(16,5-2)9-17-13(18)11-6-10(3)7-12(15)8-11;/h6-8H,4-5,9,16H2,1-3H3,(H,17,18);1H. The van der Waals surface area contributed by atoms with E-state index in [1.807, 2.05) is 13.8 Å². The van der Waals surface area contributed by atoms with Crippen molar-refractivity contribution in [2.75, 3.05) is 6.54 Å². The lowest BCUT2D eigenvalue weighted by Gasteiger charge is -2.26. The first-order valence-corrected chi connectivity index (χ1v) is 6.24. The Balaban J connectivity index is 0.00000324. The van der Waals surface area contributed by atoms with E-state index in [1.165, 1.54) is 12.1 Å². The van der Waals surface area contributed by atoms with Crippen molar-refractivity contribution in [3.05, 3.63) is 35.1 Å². The van der Waals surface area contributed by atoms with Crippen LogP contribution in [0.3, 0.4) is 0 Å². The number of nitrogens with one attached hydrogen (secondary N) is 1. The highest BCUT2D eigenvalue weighted by Gasteiger charge is 2.21. The fourth-order valence-corrected chi connectivity index (χ4v) is 1.73. The van der Waals surface area contributed by atoms with Gasteiger partial charge in [-0.05, 0) is 43.5 Å². The Morgan fingerprint density at radius 3 is 2.37 bits per heavy atom. The highest BCUT2D eigenvalue weighted by atomic mass is 35.5. The van der Waals surface area contributed by atoms with Crippen LogP contribution >= 0.6 is 12.4 Å². The quantitative estimate of drug-likeness (QED) is 0.875. The van der Waals surface area contributed by atoms with E-state index in [1.54, 1.807) is 13.0 Å². The zero-order valence-corrected chi connectivity index (χ0v) is 12.4. The summed E-state index contributed by atoms with van der Waals surface area (Å²) in [6.45, 7) is 6.13. The summed E-state index contributed by atoms with van der Waals surface area (Å²) in [5.74, 6) is -0.681. The van der Waals surface area contributed by atoms with Crippen LogP contribution in [0.4, 0.5) is 4.39 Å². The van der Waals surface area contributed by atoms with Gasteiger partial charge < -0.3 is 11.1 Å². The predicted molar refractivity (Wildman–Crippen MR) is 78.2 cm³/mol. The molecule has 19 heavy (non-hydrogen) atoms. The molecular weight excluding hydrogens is 267 g/mol. The van der Waals surface area contributed by atoms with Gasteiger partial charge in [0.2, 0.25) is 0 Å².